The Morgan fingerprint density at radius 1 is 1.26 bits per heavy atom. The van der Waals surface area contributed by atoms with Gasteiger partial charge in [0.15, 0.2) is 0 Å². The van der Waals surface area contributed by atoms with E-state index in [0.717, 1.165) is 42.0 Å². The maximum absolute atomic E-state index is 13.4. The zero-order valence-electron chi connectivity index (χ0n) is 15.0. The van der Waals surface area contributed by atoms with Gasteiger partial charge in [-0.2, -0.15) is 5.10 Å². The predicted molar refractivity (Wildman–Crippen MR) is 99.7 cm³/mol. The van der Waals surface area contributed by atoms with Gasteiger partial charge in [-0.1, -0.05) is 6.07 Å². The summed E-state index contributed by atoms with van der Waals surface area (Å²) in [4.78, 5) is 12.5. The third-order valence-electron chi connectivity index (χ3n) is 4.89. The van der Waals surface area contributed by atoms with Gasteiger partial charge in [0.1, 0.15) is 11.6 Å². The van der Waals surface area contributed by atoms with E-state index in [-0.39, 0.29) is 11.9 Å². The van der Waals surface area contributed by atoms with Gasteiger partial charge in [-0.25, -0.2) is 9.07 Å². The predicted octanol–water partition coefficient (Wildman–Crippen LogP) is 3.83. The molecule has 4 rings (SSSR count). The number of hydrogen-bond acceptors (Lipinski definition) is 3. The van der Waals surface area contributed by atoms with Crippen LogP contribution in [0.4, 0.5) is 4.39 Å². The molecule has 0 radical (unpaired) electrons. The van der Waals surface area contributed by atoms with E-state index in [1.165, 1.54) is 18.2 Å². The Balaban J connectivity index is 1.59. The highest BCUT2D eigenvalue weighted by atomic mass is 19.1. The highest BCUT2D eigenvalue weighted by Gasteiger charge is 2.26. The van der Waals surface area contributed by atoms with E-state index in [4.69, 9.17) is 4.74 Å². The lowest BCUT2D eigenvalue weighted by Crippen LogP contribution is -2.31. The summed E-state index contributed by atoms with van der Waals surface area (Å²) in [5.74, 6) is 0.101. The number of nitrogens with zero attached hydrogens (tertiary/aromatic N) is 2. The summed E-state index contributed by atoms with van der Waals surface area (Å²) in [6, 6.07) is 13.3. The minimum Gasteiger partial charge on any atom is -0.497 e. The van der Waals surface area contributed by atoms with E-state index in [0.29, 0.717) is 5.56 Å². The van der Waals surface area contributed by atoms with Crippen molar-refractivity contribution in [2.24, 2.45) is 0 Å². The van der Waals surface area contributed by atoms with Crippen LogP contribution in [0.15, 0.2) is 54.7 Å². The molecular formula is C21H20FN3O2. The average molecular weight is 365 g/mol. The third-order valence-corrected chi connectivity index (χ3v) is 4.89. The van der Waals surface area contributed by atoms with Gasteiger partial charge in [0.2, 0.25) is 0 Å². The number of methoxy groups -OCH3 is 1. The molecule has 1 N–H and O–H groups in total. The van der Waals surface area contributed by atoms with Gasteiger partial charge >= 0.3 is 0 Å². The van der Waals surface area contributed by atoms with Crippen molar-refractivity contribution in [1.82, 2.24) is 15.1 Å². The van der Waals surface area contributed by atoms with Crippen LogP contribution in [0.5, 0.6) is 5.75 Å². The van der Waals surface area contributed by atoms with Crippen LogP contribution in [0.25, 0.3) is 5.69 Å². The van der Waals surface area contributed by atoms with Gasteiger partial charge in [0.05, 0.1) is 25.0 Å². The molecule has 0 bridgehead atoms. The molecule has 0 saturated heterocycles. The molecule has 138 valence electrons. The number of carbonyl (C=O) groups excluding carboxylic acids is 1. The number of amides is 1. The monoisotopic (exact) mass is 365 g/mol. The molecule has 1 amide bonds. The first-order valence-electron chi connectivity index (χ1n) is 8.93. The van der Waals surface area contributed by atoms with Crippen molar-refractivity contribution in [3.05, 3.63) is 77.4 Å². The summed E-state index contributed by atoms with van der Waals surface area (Å²) in [7, 11) is 1.64. The zero-order valence-corrected chi connectivity index (χ0v) is 15.0. The number of carbonyl (C=O) groups is 1. The number of hydrogen-bond donors (Lipinski definition) is 1. The van der Waals surface area contributed by atoms with Crippen molar-refractivity contribution in [3.63, 3.8) is 0 Å². The lowest BCUT2D eigenvalue weighted by Gasteiger charge is -2.24. The molecule has 0 aliphatic heterocycles. The summed E-state index contributed by atoms with van der Waals surface area (Å²) in [6.07, 6.45) is 4.49. The second-order valence-corrected chi connectivity index (χ2v) is 6.59. The number of fused-ring (bicyclic) bond motifs is 1. The van der Waals surface area contributed by atoms with Crippen LogP contribution in [0.1, 0.15) is 40.5 Å². The smallest absolute Gasteiger partial charge is 0.251 e. The van der Waals surface area contributed by atoms with Crippen molar-refractivity contribution in [1.29, 1.82) is 0 Å². The Bertz CT molecular complexity index is 966. The second kappa shape index (κ2) is 7.23. The van der Waals surface area contributed by atoms with Crippen LogP contribution in [0, 0.1) is 5.82 Å². The highest BCUT2D eigenvalue weighted by Crippen LogP contribution is 2.31. The summed E-state index contributed by atoms with van der Waals surface area (Å²) in [5, 5.41) is 7.56. The SMILES string of the molecule is COc1ccc(-n2ncc3c2CCCC3NC(=O)c2cccc(F)c2)cc1. The largest absolute Gasteiger partial charge is 0.497 e. The van der Waals surface area contributed by atoms with Crippen molar-refractivity contribution >= 4 is 5.91 Å². The Morgan fingerprint density at radius 2 is 2.07 bits per heavy atom. The number of ether oxygens (including phenoxy) is 1. The van der Waals surface area contributed by atoms with Crippen LogP contribution >= 0.6 is 0 Å². The van der Waals surface area contributed by atoms with Gasteiger partial charge in [0, 0.05) is 16.8 Å². The summed E-state index contributed by atoms with van der Waals surface area (Å²) in [5.41, 5.74) is 3.39. The molecule has 27 heavy (non-hydrogen) atoms. The van der Waals surface area contributed by atoms with Crippen LogP contribution in [0.2, 0.25) is 0 Å². The summed E-state index contributed by atoms with van der Waals surface area (Å²) in [6.45, 7) is 0. The Labute approximate surface area is 156 Å². The van der Waals surface area contributed by atoms with Gasteiger partial charge in [-0.15, -0.1) is 0 Å². The molecule has 1 aliphatic carbocycles. The highest BCUT2D eigenvalue weighted by molar-refractivity contribution is 5.94. The lowest BCUT2D eigenvalue weighted by atomic mass is 9.92. The van der Waals surface area contributed by atoms with E-state index in [9.17, 15) is 9.18 Å². The maximum Gasteiger partial charge on any atom is 0.251 e. The van der Waals surface area contributed by atoms with E-state index in [2.05, 4.69) is 10.4 Å². The fourth-order valence-electron chi connectivity index (χ4n) is 3.52. The molecule has 0 saturated carbocycles. The quantitative estimate of drug-likeness (QED) is 0.765. The number of halogens is 1. The van der Waals surface area contributed by atoms with E-state index in [1.807, 2.05) is 35.1 Å². The molecular weight excluding hydrogens is 345 g/mol. The molecule has 1 aliphatic rings. The maximum atomic E-state index is 13.4. The van der Waals surface area contributed by atoms with Gasteiger partial charge < -0.3 is 10.1 Å². The van der Waals surface area contributed by atoms with Crippen molar-refractivity contribution in [3.8, 4) is 11.4 Å². The molecule has 1 unspecified atom stereocenters. The minimum absolute atomic E-state index is 0.128. The van der Waals surface area contributed by atoms with Crippen molar-refractivity contribution < 1.29 is 13.9 Å². The Kier molecular flexibility index (Phi) is 4.62. The normalized spacial score (nSPS) is 15.9. The average Bonchev–Trinajstić information content (AvgIpc) is 3.13. The second-order valence-electron chi connectivity index (χ2n) is 6.59. The third kappa shape index (κ3) is 3.43. The standard InChI is InChI=1S/C21H20FN3O2/c1-27-17-10-8-16(9-11-17)25-20-7-3-6-19(18(20)13-23-25)24-21(26)14-4-2-5-15(22)12-14/h2,4-5,8-13,19H,3,6-7H2,1H3,(H,24,26). The van der Waals surface area contributed by atoms with Crippen molar-refractivity contribution in [2.75, 3.05) is 7.11 Å². The van der Waals surface area contributed by atoms with Crippen LogP contribution < -0.4 is 10.1 Å². The molecule has 0 fully saturated rings. The first kappa shape index (κ1) is 17.3. The van der Waals surface area contributed by atoms with E-state index >= 15 is 0 Å². The number of benzene rings is 2. The number of nitrogens with one attached hydrogen (secondary N) is 1. The van der Waals surface area contributed by atoms with Gasteiger partial charge in [-0.05, 0) is 61.7 Å². The molecule has 6 heteroatoms. The summed E-state index contributed by atoms with van der Waals surface area (Å²) < 4.78 is 20.5. The first-order valence-corrected chi connectivity index (χ1v) is 8.93. The first-order chi connectivity index (χ1) is 13.2. The molecule has 1 aromatic heterocycles. The number of rotatable bonds is 4. The van der Waals surface area contributed by atoms with Crippen LogP contribution in [-0.4, -0.2) is 22.8 Å². The molecule has 3 aromatic rings. The van der Waals surface area contributed by atoms with Crippen LogP contribution in [0.3, 0.4) is 0 Å². The topological polar surface area (TPSA) is 56.1 Å². The Hall–Kier alpha value is -3.15. The van der Waals surface area contributed by atoms with Crippen LogP contribution in [-0.2, 0) is 6.42 Å². The van der Waals surface area contributed by atoms with Gasteiger partial charge in [-0.3, -0.25) is 4.79 Å². The van der Waals surface area contributed by atoms with Crippen molar-refractivity contribution in [2.45, 2.75) is 25.3 Å². The fourth-order valence-corrected chi connectivity index (χ4v) is 3.52. The Morgan fingerprint density at radius 3 is 2.81 bits per heavy atom. The molecule has 0 spiro atoms. The van der Waals surface area contributed by atoms with E-state index in [1.54, 1.807) is 13.2 Å². The zero-order chi connectivity index (χ0) is 18.8. The molecule has 2 aromatic carbocycles. The lowest BCUT2D eigenvalue weighted by molar-refractivity contribution is 0.0932. The summed E-state index contributed by atoms with van der Waals surface area (Å²) >= 11 is 0. The van der Waals surface area contributed by atoms with E-state index < -0.39 is 5.82 Å². The minimum atomic E-state index is -0.417. The van der Waals surface area contributed by atoms with Gasteiger partial charge in [0.25, 0.3) is 5.91 Å². The molecule has 1 atom stereocenters. The number of aromatic nitrogens is 2. The molecule has 5 nitrogen and oxygen atoms in total. The molecule has 1 heterocycles. The fraction of sp³-hybridized carbons (Fsp3) is 0.238.